The van der Waals surface area contributed by atoms with E-state index in [0.29, 0.717) is 6.54 Å². The van der Waals surface area contributed by atoms with E-state index in [-0.39, 0.29) is 12.2 Å². The summed E-state index contributed by atoms with van der Waals surface area (Å²) in [5.74, 6) is 0. The van der Waals surface area contributed by atoms with Gasteiger partial charge in [0.25, 0.3) is 0 Å². The first-order valence-electron chi connectivity index (χ1n) is 6.92. The minimum absolute atomic E-state index is 0.112. The van der Waals surface area contributed by atoms with Crippen LogP contribution < -0.4 is 0 Å². The van der Waals surface area contributed by atoms with E-state index in [9.17, 15) is 4.79 Å². The largest absolute Gasteiger partial charge is 0.444 e. The Hall–Kier alpha value is -1.55. The van der Waals surface area contributed by atoms with Crippen LogP contribution in [-0.4, -0.2) is 28.9 Å². The van der Waals surface area contributed by atoms with Gasteiger partial charge in [-0.05, 0) is 40.2 Å². The van der Waals surface area contributed by atoms with Gasteiger partial charge in [-0.25, -0.2) is 4.79 Å². The predicted octanol–water partition coefficient (Wildman–Crippen LogP) is 3.73. The summed E-state index contributed by atoms with van der Waals surface area (Å²) in [5.41, 5.74) is -0.0902. The summed E-state index contributed by atoms with van der Waals surface area (Å²) < 4.78 is 11.5. The molecule has 0 spiro atoms. The SMILES string of the molecule is CC(C)(C)OC(=O)N1CC(c2ccccc2)OC1(C)C. The van der Waals surface area contributed by atoms with Gasteiger partial charge in [-0.3, -0.25) is 4.90 Å². The fourth-order valence-corrected chi connectivity index (χ4v) is 2.29. The van der Waals surface area contributed by atoms with Gasteiger partial charge in [-0.2, -0.15) is 0 Å². The number of carbonyl (C=O) groups is 1. The number of hydrogen-bond acceptors (Lipinski definition) is 3. The van der Waals surface area contributed by atoms with E-state index >= 15 is 0 Å². The number of nitrogens with zero attached hydrogens (tertiary/aromatic N) is 1. The van der Waals surface area contributed by atoms with Crippen molar-refractivity contribution in [3.63, 3.8) is 0 Å². The first-order chi connectivity index (χ1) is 9.19. The average Bonchev–Trinajstić information content (AvgIpc) is 2.64. The molecule has 1 aromatic carbocycles. The lowest BCUT2D eigenvalue weighted by Crippen LogP contribution is -2.46. The topological polar surface area (TPSA) is 38.8 Å². The quantitative estimate of drug-likeness (QED) is 0.785. The lowest BCUT2D eigenvalue weighted by molar-refractivity contribution is -0.0789. The molecule has 1 aliphatic rings. The Morgan fingerprint density at radius 3 is 2.45 bits per heavy atom. The maximum atomic E-state index is 12.3. The molecular weight excluding hydrogens is 254 g/mol. The van der Waals surface area contributed by atoms with Crippen molar-refractivity contribution in [3.05, 3.63) is 35.9 Å². The van der Waals surface area contributed by atoms with Gasteiger partial charge in [0.2, 0.25) is 0 Å². The first kappa shape index (κ1) is 14.9. The van der Waals surface area contributed by atoms with Crippen molar-refractivity contribution < 1.29 is 14.3 Å². The molecular formula is C16H23NO3. The molecule has 1 aliphatic heterocycles. The van der Waals surface area contributed by atoms with Gasteiger partial charge in [-0.1, -0.05) is 30.3 Å². The summed E-state index contributed by atoms with van der Waals surface area (Å²) in [6.07, 6.45) is -0.445. The molecule has 1 aromatic rings. The number of amides is 1. The van der Waals surface area contributed by atoms with Crippen LogP contribution in [0.1, 0.15) is 46.3 Å². The molecule has 4 heteroatoms. The second-order valence-electron chi connectivity index (χ2n) is 6.55. The van der Waals surface area contributed by atoms with Gasteiger partial charge in [0.1, 0.15) is 17.4 Å². The highest BCUT2D eigenvalue weighted by Crippen LogP contribution is 2.36. The molecule has 1 saturated heterocycles. The number of hydrogen-bond donors (Lipinski definition) is 0. The lowest BCUT2D eigenvalue weighted by atomic mass is 10.1. The number of ether oxygens (including phenoxy) is 2. The summed E-state index contributed by atoms with van der Waals surface area (Å²) in [6.45, 7) is 9.88. The van der Waals surface area contributed by atoms with E-state index < -0.39 is 11.3 Å². The van der Waals surface area contributed by atoms with E-state index in [1.165, 1.54) is 0 Å². The Balaban J connectivity index is 2.14. The lowest BCUT2D eigenvalue weighted by Gasteiger charge is -2.31. The average molecular weight is 277 g/mol. The van der Waals surface area contributed by atoms with E-state index in [1.54, 1.807) is 4.90 Å². The highest BCUT2D eigenvalue weighted by Gasteiger charge is 2.44. The van der Waals surface area contributed by atoms with Crippen LogP contribution in [-0.2, 0) is 9.47 Å². The molecule has 0 radical (unpaired) electrons. The molecule has 4 nitrogen and oxygen atoms in total. The molecule has 0 N–H and O–H groups in total. The fraction of sp³-hybridized carbons (Fsp3) is 0.562. The summed E-state index contributed by atoms with van der Waals surface area (Å²) in [7, 11) is 0. The Bertz CT molecular complexity index is 476. The van der Waals surface area contributed by atoms with Crippen molar-refractivity contribution in [2.75, 3.05) is 6.54 Å². The van der Waals surface area contributed by atoms with Crippen LogP contribution in [0.3, 0.4) is 0 Å². The second-order valence-corrected chi connectivity index (χ2v) is 6.55. The molecule has 0 bridgehead atoms. The Morgan fingerprint density at radius 1 is 1.30 bits per heavy atom. The predicted molar refractivity (Wildman–Crippen MR) is 77.3 cm³/mol. The first-order valence-corrected chi connectivity index (χ1v) is 6.92. The third-order valence-corrected chi connectivity index (χ3v) is 3.21. The highest BCUT2D eigenvalue weighted by molar-refractivity contribution is 5.69. The van der Waals surface area contributed by atoms with Gasteiger partial charge in [0.15, 0.2) is 0 Å². The fourth-order valence-electron chi connectivity index (χ4n) is 2.29. The van der Waals surface area contributed by atoms with Crippen LogP contribution in [0.25, 0.3) is 0 Å². The summed E-state index contributed by atoms with van der Waals surface area (Å²) >= 11 is 0. The van der Waals surface area contributed by atoms with Crippen molar-refractivity contribution >= 4 is 6.09 Å². The van der Waals surface area contributed by atoms with Crippen LogP contribution in [0.15, 0.2) is 30.3 Å². The minimum atomic E-state index is -0.664. The molecule has 110 valence electrons. The van der Waals surface area contributed by atoms with Crippen LogP contribution in [0, 0.1) is 0 Å². The zero-order valence-electron chi connectivity index (χ0n) is 12.8. The van der Waals surface area contributed by atoms with Crippen molar-refractivity contribution in [1.82, 2.24) is 4.90 Å². The summed E-state index contributed by atoms with van der Waals surface area (Å²) in [5, 5.41) is 0. The smallest absolute Gasteiger partial charge is 0.412 e. The van der Waals surface area contributed by atoms with E-state index in [2.05, 4.69) is 0 Å². The van der Waals surface area contributed by atoms with Gasteiger partial charge < -0.3 is 9.47 Å². The van der Waals surface area contributed by atoms with Crippen molar-refractivity contribution in [2.24, 2.45) is 0 Å². The number of rotatable bonds is 1. The molecule has 0 aliphatic carbocycles. The molecule has 1 atom stereocenters. The Morgan fingerprint density at radius 2 is 1.90 bits per heavy atom. The molecule has 2 rings (SSSR count). The number of carbonyl (C=O) groups excluding carboxylic acids is 1. The molecule has 1 unspecified atom stereocenters. The van der Waals surface area contributed by atoms with E-state index in [0.717, 1.165) is 5.56 Å². The highest BCUT2D eigenvalue weighted by atomic mass is 16.6. The van der Waals surface area contributed by atoms with Crippen LogP contribution >= 0.6 is 0 Å². The van der Waals surface area contributed by atoms with Crippen LogP contribution in [0.2, 0.25) is 0 Å². The zero-order chi connectivity index (χ0) is 15.0. The molecule has 0 aromatic heterocycles. The summed E-state index contributed by atoms with van der Waals surface area (Å²) in [6, 6.07) is 9.94. The number of benzene rings is 1. The van der Waals surface area contributed by atoms with Gasteiger partial charge in [0, 0.05) is 0 Å². The van der Waals surface area contributed by atoms with Crippen LogP contribution in [0.5, 0.6) is 0 Å². The third-order valence-electron chi connectivity index (χ3n) is 3.21. The third kappa shape index (κ3) is 3.31. The van der Waals surface area contributed by atoms with Gasteiger partial charge >= 0.3 is 6.09 Å². The van der Waals surface area contributed by atoms with Gasteiger partial charge in [-0.15, -0.1) is 0 Å². The van der Waals surface area contributed by atoms with Crippen molar-refractivity contribution in [1.29, 1.82) is 0 Å². The second kappa shape index (κ2) is 5.09. The normalized spacial score (nSPS) is 21.9. The Labute approximate surface area is 120 Å². The minimum Gasteiger partial charge on any atom is -0.444 e. The Kier molecular flexibility index (Phi) is 3.78. The zero-order valence-corrected chi connectivity index (χ0v) is 12.8. The molecule has 1 fully saturated rings. The van der Waals surface area contributed by atoms with E-state index in [1.807, 2.05) is 65.0 Å². The van der Waals surface area contributed by atoms with Gasteiger partial charge in [0.05, 0.1) is 6.54 Å². The monoisotopic (exact) mass is 277 g/mol. The molecule has 1 amide bonds. The van der Waals surface area contributed by atoms with Crippen molar-refractivity contribution in [2.45, 2.75) is 52.0 Å². The molecule has 20 heavy (non-hydrogen) atoms. The maximum absolute atomic E-state index is 12.3. The van der Waals surface area contributed by atoms with Crippen molar-refractivity contribution in [3.8, 4) is 0 Å². The maximum Gasteiger partial charge on any atom is 0.412 e. The standard InChI is InChI=1S/C16H23NO3/c1-15(2,3)20-14(18)17-11-13(19-16(17,4)5)12-9-7-6-8-10-12/h6-10,13H,11H2,1-5H3. The van der Waals surface area contributed by atoms with E-state index in [4.69, 9.17) is 9.47 Å². The summed E-state index contributed by atoms with van der Waals surface area (Å²) in [4.78, 5) is 13.9. The molecule has 1 heterocycles. The van der Waals surface area contributed by atoms with Crippen LogP contribution in [0.4, 0.5) is 4.79 Å². The molecule has 0 saturated carbocycles.